The number of aliphatic imine (C=N–C) groups is 1. The number of amidine groups is 1. The molecule has 35 heavy (non-hydrogen) atoms. The molecule has 182 valence electrons. The van der Waals surface area contributed by atoms with E-state index in [4.69, 9.17) is 10.1 Å². The number of benzene rings is 2. The maximum Gasteiger partial charge on any atom is 0.339 e. The maximum absolute atomic E-state index is 10.6. The second-order valence-electron chi connectivity index (χ2n) is 8.36. The monoisotopic (exact) mass is 492 g/mol. The molecule has 0 bridgehead atoms. The highest BCUT2D eigenvalue weighted by molar-refractivity contribution is 7.16. The van der Waals surface area contributed by atoms with Crippen LogP contribution in [0.25, 0.3) is 0 Å². The van der Waals surface area contributed by atoms with E-state index in [9.17, 15) is 9.59 Å². The van der Waals surface area contributed by atoms with Gasteiger partial charge in [-0.15, -0.1) is 11.3 Å². The fraction of sp³-hybridized carbons (Fsp3) is 0.269. The van der Waals surface area contributed by atoms with Crippen LogP contribution in [-0.2, 0) is 4.79 Å². The minimum Gasteiger partial charge on any atom is -0.478 e. The van der Waals surface area contributed by atoms with Crippen molar-refractivity contribution in [2.24, 2.45) is 4.99 Å². The fourth-order valence-electron chi connectivity index (χ4n) is 3.89. The van der Waals surface area contributed by atoms with Gasteiger partial charge in [0.15, 0.2) is 0 Å². The number of ether oxygens (including phenoxy) is 1. The van der Waals surface area contributed by atoms with Crippen molar-refractivity contribution in [2.45, 2.75) is 13.8 Å². The fourth-order valence-corrected chi connectivity index (χ4v) is 4.81. The number of aromatic carboxylic acids is 1. The van der Waals surface area contributed by atoms with Crippen molar-refractivity contribution in [3.8, 4) is 5.75 Å². The van der Waals surface area contributed by atoms with Gasteiger partial charge in [0.25, 0.3) is 0 Å². The van der Waals surface area contributed by atoms with Crippen LogP contribution in [0.4, 0.5) is 16.4 Å². The van der Waals surface area contributed by atoms with Gasteiger partial charge < -0.3 is 25.0 Å². The third kappa shape index (κ3) is 5.87. The molecule has 0 radical (unpaired) electrons. The SMILES string of the molecule is CC(=O)Oc1ccccc1C(=O)O.Cc1cc2c(s1)Nc1ccccc1N=C2N1CCN(C)CC1. The predicted octanol–water partition coefficient (Wildman–Crippen LogP) is 4.75. The van der Waals surface area contributed by atoms with Crippen LogP contribution in [0.2, 0.25) is 0 Å². The number of likely N-dealkylation sites (N-methyl/N-ethyl adjacent to an activating group) is 1. The van der Waals surface area contributed by atoms with Crippen molar-refractivity contribution < 1.29 is 19.4 Å². The quantitative estimate of drug-likeness (QED) is 0.394. The molecular weight excluding hydrogens is 464 g/mol. The Hall–Kier alpha value is -3.69. The molecule has 1 fully saturated rings. The Morgan fingerprint density at radius 2 is 1.74 bits per heavy atom. The summed E-state index contributed by atoms with van der Waals surface area (Å²) in [6, 6.07) is 16.5. The predicted molar refractivity (Wildman–Crippen MR) is 139 cm³/mol. The smallest absolute Gasteiger partial charge is 0.339 e. The van der Waals surface area contributed by atoms with Gasteiger partial charge in [-0.3, -0.25) is 4.79 Å². The molecule has 0 spiro atoms. The van der Waals surface area contributed by atoms with E-state index >= 15 is 0 Å². The van der Waals surface area contributed by atoms with Crippen molar-refractivity contribution in [1.82, 2.24) is 9.80 Å². The Bertz CT molecular complexity index is 1260. The molecule has 0 amide bonds. The molecule has 0 aliphatic carbocycles. The minimum atomic E-state index is -1.11. The number of nitrogens with zero attached hydrogens (tertiary/aromatic N) is 3. The van der Waals surface area contributed by atoms with Gasteiger partial charge in [-0.05, 0) is 44.3 Å². The first-order chi connectivity index (χ1) is 16.8. The van der Waals surface area contributed by atoms with Crippen LogP contribution < -0.4 is 10.1 Å². The summed E-state index contributed by atoms with van der Waals surface area (Å²) in [6.45, 7) is 7.63. The molecule has 5 rings (SSSR count). The van der Waals surface area contributed by atoms with Crippen molar-refractivity contribution in [3.05, 3.63) is 70.6 Å². The molecule has 3 aromatic rings. The Labute approximate surface area is 208 Å². The number of carbonyl (C=O) groups is 2. The molecule has 1 saturated heterocycles. The zero-order valence-corrected chi connectivity index (χ0v) is 20.8. The highest BCUT2D eigenvalue weighted by atomic mass is 32.1. The average molecular weight is 493 g/mol. The zero-order chi connectivity index (χ0) is 24.9. The number of aryl methyl sites for hydroxylation is 1. The first-order valence-electron chi connectivity index (χ1n) is 11.3. The van der Waals surface area contributed by atoms with E-state index in [1.54, 1.807) is 23.5 Å². The topological polar surface area (TPSA) is 94.5 Å². The first kappa shape index (κ1) is 24.4. The van der Waals surface area contributed by atoms with Gasteiger partial charge >= 0.3 is 11.9 Å². The van der Waals surface area contributed by atoms with Gasteiger partial charge in [0, 0.05) is 38.0 Å². The lowest BCUT2D eigenvalue weighted by molar-refractivity contribution is -0.131. The van der Waals surface area contributed by atoms with Crippen LogP contribution in [0.3, 0.4) is 0 Å². The number of piperazine rings is 1. The van der Waals surface area contributed by atoms with Crippen molar-refractivity contribution in [2.75, 3.05) is 38.5 Å². The van der Waals surface area contributed by atoms with Crippen molar-refractivity contribution >= 4 is 45.5 Å². The van der Waals surface area contributed by atoms with Crippen molar-refractivity contribution in [1.29, 1.82) is 0 Å². The second-order valence-corrected chi connectivity index (χ2v) is 9.62. The highest BCUT2D eigenvalue weighted by Gasteiger charge is 2.25. The minimum absolute atomic E-state index is 0.0160. The van der Waals surface area contributed by atoms with Gasteiger partial charge in [-0.1, -0.05) is 24.3 Å². The van der Waals surface area contributed by atoms with Crippen LogP contribution in [-0.4, -0.2) is 65.9 Å². The third-order valence-corrected chi connectivity index (χ3v) is 6.61. The lowest BCUT2D eigenvalue weighted by Gasteiger charge is -2.34. The summed E-state index contributed by atoms with van der Waals surface area (Å²) >= 11 is 1.81. The molecule has 8 nitrogen and oxygen atoms in total. The van der Waals surface area contributed by atoms with Gasteiger partial charge in [0.1, 0.15) is 22.1 Å². The summed E-state index contributed by atoms with van der Waals surface area (Å²) in [5.41, 5.74) is 3.34. The van der Waals surface area contributed by atoms with Crippen LogP contribution in [0.5, 0.6) is 5.75 Å². The summed E-state index contributed by atoms with van der Waals surface area (Å²) in [7, 11) is 2.18. The number of thiophene rings is 1. The largest absolute Gasteiger partial charge is 0.478 e. The molecule has 1 aromatic heterocycles. The molecule has 2 aromatic carbocycles. The number of fused-ring (bicyclic) bond motifs is 2. The molecule has 0 saturated carbocycles. The van der Waals surface area contributed by atoms with Gasteiger partial charge in [0.2, 0.25) is 0 Å². The average Bonchev–Trinajstić information content (AvgIpc) is 3.11. The van der Waals surface area contributed by atoms with E-state index < -0.39 is 11.9 Å². The standard InChI is InChI=1S/C17H20N4S.C9H8O4/c1-12-11-13-16(21-9-7-20(2)8-10-21)18-14-5-3-4-6-15(14)19-17(13)22-12;1-6(10)13-8-5-3-2-4-7(8)9(11)12/h3-6,11,19H,7-10H2,1-2H3;2-5H,1H3,(H,11,12). The lowest BCUT2D eigenvalue weighted by atomic mass is 10.2. The lowest BCUT2D eigenvalue weighted by Crippen LogP contribution is -2.47. The Balaban J connectivity index is 0.000000191. The Kier molecular flexibility index (Phi) is 7.48. The number of esters is 1. The summed E-state index contributed by atoms with van der Waals surface area (Å²) in [5, 5.41) is 13.5. The summed E-state index contributed by atoms with van der Waals surface area (Å²) in [6.07, 6.45) is 0. The van der Waals surface area contributed by atoms with Crippen LogP contribution in [0, 0.1) is 6.92 Å². The summed E-state index contributed by atoms with van der Waals surface area (Å²) < 4.78 is 4.69. The summed E-state index contributed by atoms with van der Waals surface area (Å²) in [5.74, 6) is -0.460. The van der Waals surface area contributed by atoms with Crippen LogP contribution in [0.1, 0.15) is 27.7 Å². The van der Waals surface area contributed by atoms with Crippen molar-refractivity contribution in [3.63, 3.8) is 0 Å². The number of anilines is 2. The molecule has 3 heterocycles. The molecule has 0 unspecified atom stereocenters. The molecule has 9 heteroatoms. The number of carbonyl (C=O) groups excluding carboxylic acids is 1. The number of para-hydroxylation sites is 3. The number of hydrogen-bond donors (Lipinski definition) is 2. The number of carboxylic acid groups (broad SMARTS) is 1. The molecular formula is C26H28N4O4S. The number of nitrogens with one attached hydrogen (secondary N) is 1. The zero-order valence-electron chi connectivity index (χ0n) is 19.9. The normalized spacial score (nSPS) is 14.8. The number of carboxylic acids is 1. The maximum atomic E-state index is 10.6. The molecule has 2 aliphatic heterocycles. The van der Waals surface area contributed by atoms with E-state index in [0.29, 0.717) is 0 Å². The van der Waals surface area contributed by atoms with Gasteiger partial charge in [-0.25, -0.2) is 9.79 Å². The molecule has 0 atom stereocenters. The van der Waals surface area contributed by atoms with Crippen LogP contribution >= 0.6 is 11.3 Å². The Morgan fingerprint density at radius 3 is 2.46 bits per heavy atom. The second kappa shape index (κ2) is 10.7. The highest BCUT2D eigenvalue weighted by Crippen LogP contribution is 2.39. The number of hydrogen-bond acceptors (Lipinski definition) is 8. The third-order valence-electron chi connectivity index (χ3n) is 5.65. The molecule has 2 aliphatic rings. The number of rotatable bonds is 2. The Morgan fingerprint density at radius 1 is 1.06 bits per heavy atom. The first-order valence-corrected chi connectivity index (χ1v) is 12.1. The van der Waals surface area contributed by atoms with Crippen LogP contribution in [0.15, 0.2) is 59.6 Å². The van der Waals surface area contributed by atoms with E-state index in [1.165, 1.54) is 34.5 Å². The molecule has 2 N–H and O–H groups in total. The van der Waals surface area contributed by atoms with Gasteiger partial charge in [0.05, 0.1) is 16.9 Å². The van der Waals surface area contributed by atoms with E-state index in [2.05, 4.69) is 64.2 Å². The van der Waals surface area contributed by atoms with E-state index in [0.717, 1.165) is 43.4 Å². The van der Waals surface area contributed by atoms with E-state index in [-0.39, 0.29) is 11.3 Å². The van der Waals surface area contributed by atoms with Gasteiger partial charge in [-0.2, -0.15) is 0 Å². The summed E-state index contributed by atoms with van der Waals surface area (Å²) in [4.78, 5) is 32.3. The van der Waals surface area contributed by atoms with E-state index in [1.807, 2.05) is 0 Å².